The lowest BCUT2D eigenvalue weighted by Crippen LogP contribution is -2.15. The molecule has 0 radical (unpaired) electrons. The van der Waals surface area contributed by atoms with E-state index < -0.39 is 0 Å². The standard InChI is InChI=1S/C19H29N3O/c1-3-5-6-7-8-9-14-18(23)21-19-20-16-12-10-11-13-17(16)22(19)15-4-2/h10-13H,3-9,14-15H2,1-2H3,(H,20,21,23). The monoisotopic (exact) mass is 315 g/mol. The highest BCUT2D eigenvalue weighted by Gasteiger charge is 2.12. The summed E-state index contributed by atoms with van der Waals surface area (Å²) in [4.78, 5) is 16.7. The Balaban J connectivity index is 1.90. The molecule has 4 heteroatoms. The van der Waals surface area contributed by atoms with Crippen molar-refractivity contribution in [3.63, 3.8) is 0 Å². The average Bonchev–Trinajstić information content (AvgIpc) is 2.89. The van der Waals surface area contributed by atoms with Gasteiger partial charge in [-0.05, 0) is 25.0 Å². The maximum atomic E-state index is 12.2. The largest absolute Gasteiger partial charge is 0.310 e. The fourth-order valence-corrected chi connectivity index (χ4v) is 2.87. The lowest BCUT2D eigenvalue weighted by Gasteiger charge is -2.09. The molecule has 1 amide bonds. The van der Waals surface area contributed by atoms with Gasteiger partial charge in [0, 0.05) is 13.0 Å². The number of unbranched alkanes of at least 4 members (excludes halogenated alkanes) is 5. The summed E-state index contributed by atoms with van der Waals surface area (Å²) in [7, 11) is 0. The van der Waals surface area contributed by atoms with Crippen LogP contribution in [0, 0.1) is 0 Å². The molecule has 2 aromatic rings. The number of anilines is 1. The second-order valence-electron chi connectivity index (χ2n) is 6.14. The van der Waals surface area contributed by atoms with Crippen LogP contribution in [0.2, 0.25) is 0 Å². The smallest absolute Gasteiger partial charge is 0.226 e. The van der Waals surface area contributed by atoms with Gasteiger partial charge < -0.3 is 4.57 Å². The third-order valence-corrected chi connectivity index (χ3v) is 4.11. The molecule has 0 atom stereocenters. The van der Waals surface area contributed by atoms with Crippen LogP contribution in [-0.4, -0.2) is 15.5 Å². The Morgan fingerprint density at radius 3 is 2.57 bits per heavy atom. The molecule has 1 aromatic heterocycles. The number of nitrogens with one attached hydrogen (secondary N) is 1. The lowest BCUT2D eigenvalue weighted by atomic mass is 10.1. The van der Waals surface area contributed by atoms with Gasteiger partial charge in [-0.3, -0.25) is 10.1 Å². The number of amides is 1. The van der Waals surface area contributed by atoms with Gasteiger partial charge in [0.2, 0.25) is 11.9 Å². The number of hydrogen-bond acceptors (Lipinski definition) is 2. The summed E-state index contributed by atoms with van der Waals surface area (Å²) in [5, 5.41) is 3.00. The molecule has 4 nitrogen and oxygen atoms in total. The van der Waals surface area contributed by atoms with E-state index in [1.807, 2.05) is 18.2 Å². The Labute approximate surface area is 139 Å². The highest BCUT2D eigenvalue weighted by molar-refractivity contribution is 5.91. The Morgan fingerprint density at radius 1 is 1.04 bits per heavy atom. The molecule has 0 saturated carbocycles. The molecule has 0 fully saturated rings. The fraction of sp³-hybridized carbons (Fsp3) is 0.579. The van der Waals surface area contributed by atoms with Crippen molar-refractivity contribution in [2.75, 3.05) is 5.32 Å². The maximum Gasteiger partial charge on any atom is 0.226 e. The van der Waals surface area contributed by atoms with Crippen molar-refractivity contribution in [1.82, 2.24) is 9.55 Å². The van der Waals surface area contributed by atoms with Crippen LogP contribution in [0.1, 0.15) is 65.2 Å². The zero-order valence-electron chi connectivity index (χ0n) is 14.5. The number of carbonyl (C=O) groups is 1. The number of para-hydroxylation sites is 2. The molecule has 0 bridgehead atoms. The van der Waals surface area contributed by atoms with Crippen LogP contribution in [-0.2, 0) is 11.3 Å². The van der Waals surface area contributed by atoms with Crippen LogP contribution in [0.3, 0.4) is 0 Å². The van der Waals surface area contributed by atoms with Crippen molar-refractivity contribution in [1.29, 1.82) is 0 Å². The summed E-state index contributed by atoms with van der Waals surface area (Å²) in [5.41, 5.74) is 2.03. The SMILES string of the molecule is CCCCCCCCC(=O)Nc1nc2ccccc2n1CCC. The van der Waals surface area contributed by atoms with Gasteiger partial charge in [-0.15, -0.1) is 0 Å². The van der Waals surface area contributed by atoms with E-state index in [4.69, 9.17) is 0 Å². The van der Waals surface area contributed by atoms with Crippen LogP contribution in [0.15, 0.2) is 24.3 Å². The molecule has 0 spiro atoms. The molecule has 0 aliphatic rings. The van der Waals surface area contributed by atoms with E-state index >= 15 is 0 Å². The maximum absolute atomic E-state index is 12.2. The molecule has 0 aliphatic heterocycles. The fourth-order valence-electron chi connectivity index (χ4n) is 2.87. The average molecular weight is 315 g/mol. The molecule has 1 heterocycles. The highest BCUT2D eigenvalue weighted by Crippen LogP contribution is 2.20. The first-order chi connectivity index (χ1) is 11.3. The first-order valence-electron chi connectivity index (χ1n) is 9.01. The first kappa shape index (κ1) is 17.5. The molecule has 2 rings (SSSR count). The molecule has 0 unspecified atom stereocenters. The van der Waals surface area contributed by atoms with Crippen molar-refractivity contribution in [3.05, 3.63) is 24.3 Å². The molecule has 0 aliphatic carbocycles. The molecular formula is C19H29N3O. The number of benzene rings is 1. The molecule has 1 aromatic carbocycles. The van der Waals surface area contributed by atoms with Crippen LogP contribution >= 0.6 is 0 Å². The number of hydrogen-bond donors (Lipinski definition) is 1. The van der Waals surface area contributed by atoms with Gasteiger partial charge in [0.05, 0.1) is 11.0 Å². The zero-order chi connectivity index (χ0) is 16.5. The van der Waals surface area contributed by atoms with Crippen LogP contribution in [0.25, 0.3) is 11.0 Å². The van der Waals surface area contributed by atoms with Gasteiger partial charge in [0.1, 0.15) is 0 Å². The minimum atomic E-state index is 0.0770. The van der Waals surface area contributed by atoms with E-state index in [1.54, 1.807) is 0 Å². The van der Waals surface area contributed by atoms with E-state index in [9.17, 15) is 4.79 Å². The van der Waals surface area contributed by atoms with E-state index in [1.165, 1.54) is 25.7 Å². The van der Waals surface area contributed by atoms with Gasteiger partial charge in [0.15, 0.2) is 0 Å². The zero-order valence-corrected chi connectivity index (χ0v) is 14.5. The van der Waals surface area contributed by atoms with Crippen molar-refractivity contribution in [2.24, 2.45) is 0 Å². The summed E-state index contributed by atoms with van der Waals surface area (Å²) in [6.07, 6.45) is 8.77. The van der Waals surface area contributed by atoms with E-state index in [0.29, 0.717) is 12.4 Å². The lowest BCUT2D eigenvalue weighted by molar-refractivity contribution is -0.116. The number of nitrogens with zero attached hydrogens (tertiary/aromatic N) is 2. The Morgan fingerprint density at radius 2 is 1.78 bits per heavy atom. The number of carbonyl (C=O) groups excluding carboxylic acids is 1. The number of imidazole rings is 1. The number of aryl methyl sites for hydroxylation is 1. The van der Waals surface area contributed by atoms with E-state index in [0.717, 1.165) is 36.8 Å². The van der Waals surface area contributed by atoms with Crippen molar-refractivity contribution < 1.29 is 4.79 Å². The van der Waals surface area contributed by atoms with Gasteiger partial charge in [-0.1, -0.05) is 58.1 Å². The normalized spacial score (nSPS) is 11.0. The van der Waals surface area contributed by atoms with Crippen LogP contribution in [0.4, 0.5) is 5.95 Å². The van der Waals surface area contributed by atoms with Crippen molar-refractivity contribution in [2.45, 2.75) is 71.8 Å². The molecular weight excluding hydrogens is 286 g/mol. The predicted molar refractivity (Wildman–Crippen MR) is 96.6 cm³/mol. The summed E-state index contributed by atoms with van der Waals surface area (Å²) >= 11 is 0. The second kappa shape index (κ2) is 9.33. The molecule has 23 heavy (non-hydrogen) atoms. The minimum Gasteiger partial charge on any atom is -0.310 e. The van der Waals surface area contributed by atoms with Crippen LogP contribution < -0.4 is 5.32 Å². The molecule has 126 valence electrons. The van der Waals surface area contributed by atoms with Gasteiger partial charge in [0.25, 0.3) is 0 Å². The highest BCUT2D eigenvalue weighted by atomic mass is 16.1. The van der Waals surface area contributed by atoms with E-state index in [2.05, 4.69) is 34.8 Å². The summed E-state index contributed by atoms with van der Waals surface area (Å²) in [6.45, 7) is 5.22. The Hall–Kier alpha value is -1.84. The molecule has 1 N–H and O–H groups in total. The van der Waals surface area contributed by atoms with E-state index in [-0.39, 0.29) is 5.91 Å². The Bertz CT molecular complexity index is 618. The summed E-state index contributed by atoms with van der Waals surface area (Å²) < 4.78 is 2.11. The van der Waals surface area contributed by atoms with Gasteiger partial charge in [-0.2, -0.15) is 0 Å². The Kier molecular flexibility index (Phi) is 7.11. The summed E-state index contributed by atoms with van der Waals surface area (Å²) in [5.74, 6) is 0.761. The third kappa shape index (κ3) is 5.08. The third-order valence-electron chi connectivity index (χ3n) is 4.11. The predicted octanol–water partition coefficient (Wildman–Crippen LogP) is 5.14. The van der Waals surface area contributed by atoms with Crippen molar-refractivity contribution in [3.8, 4) is 0 Å². The summed E-state index contributed by atoms with van der Waals surface area (Å²) in [6, 6.07) is 8.04. The molecule has 0 saturated heterocycles. The number of aromatic nitrogens is 2. The quantitative estimate of drug-likeness (QED) is 0.617. The van der Waals surface area contributed by atoms with Gasteiger partial charge >= 0.3 is 0 Å². The first-order valence-corrected chi connectivity index (χ1v) is 9.01. The topological polar surface area (TPSA) is 46.9 Å². The minimum absolute atomic E-state index is 0.0770. The van der Waals surface area contributed by atoms with Crippen molar-refractivity contribution >= 4 is 22.9 Å². The second-order valence-corrected chi connectivity index (χ2v) is 6.14. The van der Waals surface area contributed by atoms with Gasteiger partial charge in [-0.25, -0.2) is 4.98 Å². The number of fused-ring (bicyclic) bond motifs is 1. The van der Waals surface area contributed by atoms with Crippen LogP contribution in [0.5, 0.6) is 0 Å². The number of rotatable bonds is 10.